The number of benzene rings is 1. The highest BCUT2D eigenvalue weighted by atomic mass is 16.5. The third-order valence-corrected chi connectivity index (χ3v) is 7.44. The van der Waals surface area contributed by atoms with Crippen LogP contribution in [0.5, 0.6) is 5.75 Å². The van der Waals surface area contributed by atoms with E-state index in [1.54, 1.807) is 6.33 Å². The Bertz CT molecular complexity index is 949. The van der Waals surface area contributed by atoms with E-state index >= 15 is 0 Å². The molecular formula is C24H33N5O2. The van der Waals surface area contributed by atoms with Crippen LogP contribution in [0.3, 0.4) is 0 Å². The molecule has 0 atom stereocenters. The summed E-state index contributed by atoms with van der Waals surface area (Å²) in [5.74, 6) is 1.48. The summed E-state index contributed by atoms with van der Waals surface area (Å²) in [5, 5.41) is 13.0. The summed E-state index contributed by atoms with van der Waals surface area (Å²) in [6.07, 6.45) is 11.2. The lowest BCUT2D eigenvalue weighted by Crippen LogP contribution is -2.33. The number of fused-ring (bicyclic) bond motifs is 4. The number of anilines is 2. The van der Waals surface area contributed by atoms with Crippen LogP contribution in [0, 0.1) is 0 Å². The molecule has 6 N–H and O–H groups in total. The molecule has 0 radical (unpaired) electrons. The van der Waals surface area contributed by atoms with E-state index in [0.717, 1.165) is 73.2 Å². The fraction of sp³-hybridized carbons (Fsp3) is 0.583. The Morgan fingerprint density at radius 1 is 1.13 bits per heavy atom. The summed E-state index contributed by atoms with van der Waals surface area (Å²) in [6.45, 7) is 0.548. The number of nitrogen functional groups attached to an aromatic ring is 1. The van der Waals surface area contributed by atoms with Gasteiger partial charge in [-0.25, -0.2) is 9.97 Å². The lowest BCUT2D eigenvalue weighted by molar-refractivity contribution is 0.148. The monoisotopic (exact) mass is 423 g/mol. The Morgan fingerprint density at radius 3 is 2.65 bits per heavy atom. The number of nitrogens with two attached hydrogens (primary N) is 2. The number of aliphatic hydroxyl groups excluding tert-OH is 1. The van der Waals surface area contributed by atoms with Gasteiger partial charge in [0.15, 0.2) is 0 Å². The average Bonchev–Trinajstić information content (AvgIpc) is 3.23. The summed E-state index contributed by atoms with van der Waals surface area (Å²) >= 11 is 0. The summed E-state index contributed by atoms with van der Waals surface area (Å²) < 4.78 is 6.50. The van der Waals surface area contributed by atoms with Gasteiger partial charge >= 0.3 is 0 Å². The van der Waals surface area contributed by atoms with Gasteiger partial charge in [-0.1, -0.05) is 12.8 Å². The first-order chi connectivity index (χ1) is 15.1. The average molecular weight is 424 g/mol. The molecule has 2 aromatic rings. The molecule has 5 rings (SSSR count). The van der Waals surface area contributed by atoms with Gasteiger partial charge in [-0.2, -0.15) is 0 Å². The van der Waals surface area contributed by atoms with Crippen LogP contribution in [0.1, 0.15) is 62.5 Å². The van der Waals surface area contributed by atoms with Gasteiger partial charge in [0, 0.05) is 29.1 Å². The van der Waals surface area contributed by atoms with Crippen molar-refractivity contribution in [3.63, 3.8) is 0 Å². The van der Waals surface area contributed by atoms with Crippen molar-refractivity contribution in [1.82, 2.24) is 9.97 Å². The molecule has 31 heavy (non-hydrogen) atoms. The Balaban J connectivity index is 1.59. The van der Waals surface area contributed by atoms with E-state index in [9.17, 15) is 5.11 Å². The van der Waals surface area contributed by atoms with Crippen molar-refractivity contribution in [3.05, 3.63) is 29.6 Å². The summed E-state index contributed by atoms with van der Waals surface area (Å²) in [5.41, 5.74) is 17.9. The van der Waals surface area contributed by atoms with Gasteiger partial charge in [-0.3, -0.25) is 0 Å². The minimum Gasteiger partial charge on any atom is -0.488 e. The van der Waals surface area contributed by atoms with E-state index in [2.05, 4.69) is 16.4 Å². The normalized spacial score (nSPS) is 23.9. The van der Waals surface area contributed by atoms with Crippen molar-refractivity contribution >= 4 is 11.5 Å². The maximum atomic E-state index is 9.52. The van der Waals surface area contributed by atoms with Crippen molar-refractivity contribution in [3.8, 4) is 17.0 Å². The van der Waals surface area contributed by atoms with Crippen molar-refractivity contribution in [2.75, 3.05) is 24.2 Å². The second kappa shape index (κ2) is 8.28. The first kappa shape index (κ1) is 20.5. The lowest BCUT2D eigenvalue weighted by Gasteiger charge is -2.38. The zero-order chi connectivity index (χ0) is 21.4. The van der Waals surface area contributed by atoms with Gasteiger partial charge in [0.2, 0.25) is 0 Å². The van der Waals surface area contributed by atoms with Gasteiger partial charge < -0.3 is 26.6 Å². The number of rotatable bonds is 5. The predicted octanol–water partition coefficient (Wildman–Crippen LogP) is 3.15. The quantitative estimate of drug-likeness (QED) is 0.583. The molecule has 0 aliphatic heterocycles. The largest absolute Gasteiger partial charge is 0.488 e. The van der Waals surface area contributed by atoms with Crippen molar-refractivity contribution < 1.29 is 9.84 Å². The Hall–Kier alpha value is -2.38. The number of aliphatic hydroxyl groups is 1. The van der Waals surface area contributed by atoms with Gasteiger partial charge in [0.05, 0.1) is 24.1 Å². The molecule has 0 unspecified atom stereocenters. The van der Waals surface area contributed by atoms with E-state index < -0.39 is 0 Å². The van der Waals surface area contributed by atoms with E-state index in [1.807, 2.05) is 6.07 Å². The van der Waals surface area contributed by atoms with Gasteiger partial charge in [-0.05, 0) is 62.6 Å². The lowest BCUT2D eigenvalue weighted by atomic mass is 9.67. The molecule has 0 amide bonds. The molecule has 7 heteroatoms. The van der Waals surface area contributed by atoms with Gasteiger partial charge in [-0.15, -0.1) is 0 Å². The second-order valence-corrected chi connectivity index (χ2v) is 9.42. The van der Waals surface area contributed by atoms with Crippen molar-refractivity contribution in [1.29, 1.82) is 0 Å². The maximum absolute atomic E-state index is 9.52. The molecule has 3 aliphatic rings. The smallest absolute Gasteiger partial charge is 0.143 e. The van der Waals surface area contributed by atoms with Crippen molar-refractivity contribution in [2.24, 2.45) is 5.73 Å². The molecule has 1 aromatic carbocycles. The summed E-state index contributed by atoms with van der Waals surface area (Å²) in [6, 6.07) is 4.46. The van der Waals surface area contributed by atoms with E-state index in [1.165, 1.54) is 18.4 Å². The number of hydrogen-bond donors (Lipinski definition) is 4. The number of ether oxygens (including phenoxy) is 1. The molecule has 166 valence electrons. The highest BCUT2D eigenvalue weighted by Crippen LogP contribution is 2.54. The molecule has 3 aliphatic carbocycles. The second-order valence-electron chi connectivity index (χ2n) is 9.42. The highest BCUT2D eigenvalue weighted by Gasteiger charge is 2.44. The van der Waals surface area contributed by atoms with Crippen LogP contribution >= 0.6 is 0 Å². The number of hydrogen-bond acceptors (Lipinski definition) is 7. The fourth-order valence-corrected chi connectivity index (χ4v) is 5.92. The minimum atomic E-state index is -0.0143. The van der Waals surface area contributed by atoms with E-state index in [4.69, 9.17) is 21.2 Å². The first-order valence-electron chi connectivity index (χ1n) is 11.7. The molecule has 1 heterocycles. The van der Waals surface area contributed by atoms with E-state index in [0.29, 0.717) is 18.4 Å². The summed E-state index contributed by atoms with van der Waals surface area (Å²) in [4.78, 5) is 9.03. The zero-order valence-electron chi connectivity index (χ0n) is 18.1. The molecule has 2 saturated carbocycles. The van der Waals surface area contributed by atoms with Crippen molar-refractivity contribution in [2.45, 2.75) is 75.3 Å². The highest BCUT2D eigenvalue weighted by molar-refractivity contribution is 5.83. The summed E-state index contributed by atoms with van der Waals surface area (Å²) in [7, 11) is 0. The molecule has 2 fully saturated rings. The SMILES string of the molecule is Nc1ncnc2c1C1(CCCC1)Cc1c-2ccc(O[C@H]2CC[C@H](N)CC2)c1NCCO. The zero-order valence-corrected chi connectivity index (χ0v) is 18.1. The van der Waals surface area contributed by atoms with Crippen LogP contribution in [-0.2, 0) is 11.8 Å². The molecule has 1 spiro atoms. The van der Waals surface area contributed by atoms with Crippen LogP contribution in [0.25, 0.3) is 11.3 Å². The predicted molar refractivity (Wildman–Crippen MR) is 122 cm³/mol. The van der Waals surface area contributed by atoms with Crippen LogP contribution in [0.4, 0.5) is 11.5 Å². The first-order valence-corrected chi connectivity index (χ1v) is 11.7. The third kappa shape index (κ3) is 3.64. The maximum Gasteiger partial charge on any atom is 0.143 e. The van der Waals surface area contributed by atoms with Crippen LogP contribution < -0.4 is 21.5 Å². The number of aromatic nitrogens is 2. The van der Waals surface area contributed by atoms with Gasteiger partial charge in [0.25, 0.3) is 0 Å². The Labute approximate surface area is 183 Å². The Kier molecular flexibility index (Phi) is 5.48. The Morgan fingerprint density at radius 2 is 1.90 bits per heavy atom. The van der Waals surface area contributed by atoms with Crippen LogP contribution in [0.15, 0.2) is 18.5 Å². The molecule has 7 nitrogen and oxygen atoms in total. The van der Waals surface area contributed by atoms with Crippen LogP contribution in [0.2, 0.25) is 0 Å². The molecule has 0 bridgehead atoms. The third-order valence-electron chi connectivity index (χ3n) is 7.44. The molecule has 0 saturated heterocycles. The standard InChI is InChI=1S/C24H33N5O2/c25-15-3-5-16(6-4-15)31-19-8-7-17-18(21(19)27-11-12-30)13-24(9-1-2-10-24)20-22(17)28-14-29-23(20)26/h7-8,14-16,27,30H,1-6,9-13,25H2,(H2,26,28,29)/t15-,16-. The number of nitrogens with one attached hydrogen (secondary N) is 1. The fourth-order valence-electron chi connectivity index (χ4n) is 5.92. The topological polar surface area (TPSA) is 119 Å². The minimum absolute atomic E-state index is 0.0143. The van der Waals surface area contributed by atoms with Crippen LogP contribution in [-0.4, -0.2) is 40.4 Å². The van der Waals surface area contributed by atoms with E-state index in [-0.39, 0.29) is 18.1 Å². The van der Waals surface area contributed by atoms with Gasteiger partial charge in [0.1, 0.15) is 17.9 Å². The number of nitrogens with zero attached hydrogens (tertiary/aromatic N) is 2. The molecule has 1 aromatic heterocycles. The molecular weight excluding hydrogens is 390 g/mol.